The van der Waals surface area contributed by atoms with Crippen LogP contribution in [0.2, 0.25) is 5.02 Å². The Bertz CT molecular complexity index is 1700. The van der Waals surface area contributed by atoms with E-state index in [1.807, 2.05) is 4.90 Å². The summed E-state index contributed by atoms with van der Waals surface area (Å²) in [6.07, 6.45) is 3.43. The summed E-state index contributed by atoms with van der Waals surface area (Å²) in [4.78, 5) is 16.0. The molecule has 1 aliphatic carbocycles. The van der Waals surface area contributed by atoms with Crippen LogP contribution in [0, 0.1) is 0 Å². The van der Waals surface area contributed by atoms with E-state index >= 15 is 0 Å². The van der Waals surface area contributed by atoms with Gasteiger partial charge in [-0.05, 0) is 69.9 Å². The number of anilines is 1. The van der Waals surface area contributed by atoms with Gasteiger partial charge >= 0.3 is 5.56 Å². The number of hydrogen-bond acceptors (Lipinski definition) is 8. The molecule has 1 aliphatic heterocycles. The van der Waals surface area contributed by atoms with Gasteiger partial charge in [0, 0.05) is 37.2 Å². The van der Waals surface area contributed by atoms with Crippen LogP contribution in [-0.2, 0) is 20.0 Å². The Balaban J connectivity index is 1.35. The second kappa shape index (κ2) is 12.9. The highest BCUT2D eigenvalue weighted by Crippen LogP contribution is 2.31. The molecular weight excluding hydrogens is 614 g/mol. The average Bonchev–Trinajstić information content (AvgIpc) is 2.99. The lowest BCUT2D eigenvalue weighted by Gasteiger charge is -2.37. The molecule has 0 amide bonds. The van der Waals surface area contributed by atoms with Crippen LogP contribution in [0.3, 0.4) is 0 Å². The van der Waals surface area contributed by atoms with Gasteiger partial charge in [-0.2, -0.15) is 14.1 Å². The fourth-order valence-electron chi connectivity index (χ4n) is 5.39. The Kier molecular flexibility index (Phi) is 9.47. The lowest BCUT2D eigenvalue weighted by molar-refractivity contribution is 0.141. The average molecular weight is 650 g/mol. The van der Waals surface area contributed by atoms with Crippen LogP contribution in [-0.4, -0.2) is 74.5 Å². The molecule has 0 radical (unpaired) electrons. The molecule has 11 nitrogen and oxygen atoms in total. The largest absolute Gasteiger partial charge is 0.483 e. The van der Waals surface area contributed by atoms with E-state index in [9.17, 15) is 21.6 Å². The molecule has 0 unspecified atom stereocenters. The van der Waals surface area contributed by atoms with Gasteiger partial charge < -0.3 is 9.64 Å². The normalized spacial score (nSPS) is 20.3. The molecule has 1 N–H and O–H groups in total. The minimum atomic E-state index is -3.64. The minimum absolute atomic E-state index is 0.128. The highest BCUT2D eigenvalue weighted by molar-refractivity contribution is 7.89. The molecule has 2 heterocycles. The van der Waals surface area contributed by atoms with Crippen LogP contribution in [0.15, 0.2) is 70.5 Å². The molecule has 2 aromatic carbocycles. The van der Waals surface area contributed by atoms with Crippen LogP contribution < -0.4 is 19.9 Å². The van der Waals surface area contributed by atoms with Crippen LogP contribution >= 0.6 is 11.6 Å². The van der Waals surface area contributed by atoms with Crippen LogP contribution in [0.5, 0.6) is 5.75 Å². The van der Waals surface area contributed by atoms with Gasteiger partial charge in [-0.25, -0.2) is 21.6 Å². The topological polar surface area (TPSA) is 131 Å². The zero-order valence-corrected chi connectivity index (χ0v) is 26.5. The third kappa shape index (κ3) is 7.07. The molecule has 1 aromatic heterocycles. The number of piperazine rings is 1. The van der Waals surface area contributed by atoms with Crippen molar-refractivity contribution < 1.29 is 21.6 Å². The van der Waals surface area contributed by atoms with Crippen molar-refractivity contribution in [2.45, 2.75) is 61.8 Å². The number of nitrogens with one attached hydrogen (secondary N) is 1. The van der Waals surface area contributed by atoms with E-state index < -0.39 is 30.9 Å². The van der Waals surface area contributed by atoms with Crippen molar-refractivity contribution in [3.63, 3.8) is 0 Å². The van der Waals surface area contributed by atoms with Crippen LogP contribution in [0.25, 0.3) is 5.69 Å². The van der Waals surface area contributed by atoms with Crippen LogP contribution in [0.4, 0.5) is 5.69 Å². The maximum absolute atomic E-state index is 13.8. The van der Waals surface area contributed by atoms with Crippen molar-refractivity contribution in [1.82, 2.24) is 18.8 Å². The first-order valence-electron chi connectivity index (χ1n) is 14.3. The van der Waals surface area contributed by atoms with Gasteiger partial charge in [0.25, 0.3) is 0 Å². The molecule has 0 bridgehead atoms. The molecule has 2 fully saturated rings. The number of nitrogens with zero attached hydrogens (tertiary/aromatic N) is 4. The summed E-state index contributed by atoms with van der Waals surface area (Å²) in [5.41, 5.74) is 0.529. The Morgan fingerprint density at radius 3 is 2.23 bits per heavy atom. The molecular formula is C29H36ClN5O6S2. The summed E-state index contributed by atoms with van der Waals surface area (Å²) in [6, 6.07) is 14.8. The lowest BCUT2D eigenvalue weighted by atomic mass is 9.93. The van der Waals surface area contributed by atoms with E-state index in [-0.39, 0.29) is 35.9 Å². The summed E-state index contributed by atoms with van der Waals surface area (Å²) in [5, 5.41) is 4.35. The first-order valence-corrected chi connectivity index (χ1v) is 17.7. The summed E-state index contributed by atoms with van der Waals surface area (Å²) < 4.78 is 62.9. The first-order chi connectivity index (χ1) is 20.5. The predicted molar refractivity (Wildman–Crippen MR) is 166 cm³/mol. The van der Waals surface area contributed by atoms with Crippen molar-refractivity contribution in [1.29, 1.82) is 0 Å². The van der Waals surface area contributed by atoms with Gasteiger partial charge in [0.15, 0.2) is 0 Å². The van der Waals surface area contributed by atoms with Gasteiger partial charge in [-0.3, -0.25) is 4.79 Å². The van der Waals surface area contributed by atoms with Gasteiger partial charge in [0.05, 0.1) is 28.1 Å². The predicted octanol–water partition coefficient (Wildman–Crippen LogP) is 3.41. The van der Waals surface area contributed by atoms with E-state index in [1.165, 1.54) is 8.99 Å². The third-order valence-corrected chi connectivity index (χ3v) is 11.9. The monoisotopic (exact) mass is 649 g/mol. The number of aromatic nitrogens is 2. The number of sulfonamides is 2. The van der Waals surface area contributed by atoms with Crippen molar-refractivity contribution in [2.75, 3.05) is 31.1 Å². The Hall–Kier alpha value is -2.97. The fourth-order valence-corrected chi connectivity index (χ4v) is 8.17. The molecule has 0 spiro atoms. The number of benzene rings is 2. The molecule has 2 aliphatic rings. The molecule has 1 saturated carbocycles. The van der Waals surface area contributed by atoms with Gasteiger partial charge in [-0.15, -0.1) is 0 Å². The highest BCUT2D eigenvalue weighted by atomic mass is 35.5. The second-order valence-corrected chi connectivity index (χ2v) is 15.7. The van der Waals surface area contributed by atoms with Gasteiger partial charge in [0.1, 0.15) is 5.69 Å². The fraction of sp³-hybridized carbons (Fsp3) is 0.448. The molecule has 5 rings (SSSR count). The molecule has 3 aromatic rings. The maximum Gasteiger partial charge on any atom is 0.316 e. The van der Waals surface area contributed by atoms with Crippen molar-refractivity contribution >= 4 is 37.3 Å². The molecule has 232 valence electrons. The highest BCUT2D eigenvalue weighted by Gasteiger charge is 2.33. The van der Waals surface area contributed by atoms with E-state index in [0.717, 1.165) is 0 Å². The standard InChI is InChI=1S/C29H36ClN5O6S2/c1-21(2)43(39,40)34-17-15-33(16-18-34)27-20-31-35(24-8-6-7-22(30)19-24)29(36)28(27)41-25-13-11-23(12-14-25)32-42(37,38)26-9-4-3-5-10-26/h3-10,19-21,23,25,32H,11-18H2,1-2H3. The summed E-state index contributed by atoms with van der Waals surface area (Å²) in [6.45, 7) is 4.63. The third-order valence-electron chi connectivity index (χ3n) is 7.84. The molecule has 14 heteroatoms. The second-order valence-electron chi connectivity index (χ2n) is 11.1. The van der Waals surface area contributed by atoms with E-state index in [4.69, 9.17) is 16.3 Å². The smallest absolute Gasteiger partial charge is 0.316 e. The van der Waals surface area contributed by atoms with Crippen LogP contribution in [0.1, 0.15) is 39.5 Å². The van der Waals surface area contributed by atoms with E-state index in [2.05, 4.69) is 9.82 Å². The van der Waals surface area contributed by atoms with Gasteiger partial charge in [-0.1, -0.05) is 35.9 Å². The summed E-state index contributed by atoms with van der Waals surface area (Å²) >= 11 is 6.18. The number of hydrogen-bond donors (Lipinski definition) is 1. The Labute approximate surface area is 257 Å². The minimum Gasteiger partial charge on any atom is -0.483 e. The van der Waals surface area contributed by atoms with Gasteiger partial charge in [0.2, 0.25) is 25.8 Å². The number of rotatable bonds is 9. The maximum atomic E-state index is 13.8. The lowest BCUT2D eigenvalue weighted by Crippen LogP contribution is -2.51. The molecule has 0 atom stereocenters. The molecule has 1 saturated heterocycles. The zero-order chi connectivity index (χ0) is 30.8. The summed E-state index contributed by atoms with van der Waals surface area (Å²) in [5.74, 6) is 0.128. The Morgan fingerprint density at radius 1 is 0.930 bits per heavy atom. The number of ether oxygens (including phenoxy) is 1. The molecule has 43 heavy (non-hydrogen) atoms. The quantitative estimate of drug-likeness (QED) is 0.373. The SMILES string of the molecule is CC(C)S(=O)(=O)N1CCN(c2cnn(-c3cccc(Cl)c3)c(=O)c2OC2CCC(NS(=O)(=O)c3ccccc3)CC2)CC1. The number of halogens is 1. The van der Waals surface area contributed by atoms with Crippen molar-refractivity contribution in [3.8, 4) is 11.4 Å². The first kappa shape index (κ1) is 31.5. The van der Waals surface area contributed by atoms with Crippen molar-refractivity contribution in [2.24, 2.45) is 0 Å². The van der Waals surface area contributed by atoms with E-state index in [1.54, 1.807) is 74.6 Å². The Morgan fingerprint density at radius 2 is 1.60 bits per heavy atom. The zero-order valence-electron chi connectivity index (χ0n) is 24.1. The van der Waals surface area contributed by atoms with E-state index in [0.29, 0.717) is 55.2 Å². The van der Waals surface area contributed by atoms with Crippen molar-refractivity contribution in [3.05, 3.63) is 76.2 Å². The summed E-state index contributed by atoms with van der Waals surface area (Å²) in [7, 11) is -7.04.